The van der Waals surface area contributed by atoms with Crippen molar-refractivity contribution < 1.29 is 9.47 Å². The monoisotopic (exact) mass is 340 g/mol. The van der Waals surface area contributed by atoms with Crippen LogP contribution < -0.4 is 0 Å². The first kappa shape index (κ1) is 19.7. The Hall–Kier alpha value is -1.64. The molecule has 0 heterocycles. The number of hydrogen-bond acceptors (Lipinski definition) is 2. The van der Waals surface area contributed by atoms with Crippen molar-refractivity contribution in [1.29, 1.82) is 0 Å². The second-order valence-corrected chi connectivity index (χ2v) is 6.69. The fourth-order valence-electron chi connectivity index (χ4n) is 3.09. The Balaban J connectivity index is 1.94. The van der Waals surface area contributed by atoms with E-state index in [0.717, 1.165) is 19.4 Å². The van der Waals surface area contributed by atoms with Crippen molar-refractivity contribution in [3.05, 3.63) is 59.7 Å². The Kier molecular flexibility index (Phi) is 8.71. The van der Waals surface area contributed by atoms with Crippen molar-refractivity contribution in [2.75, 3.05) is 20.8 Å². The zero-order valence-electron chi connectivity index (χ0n) is 16.0. The molecule has 136 valence electrons. The lowest BCUT2D eigenvalue weighted by Gasteiger charge is -2.15. The number of benzene rings is 2. The van der Waals surface area contributed by atoms with E-state index in [-0.39, 0.29) is 6.10 Å². The molecule has 0 saturated heterocycles. The van der Waals surface area contributed by atoms with Crippen molar-refractivity contribution in [1.82, 2.24) is 0 Å². The first-order valence-electron chi connectivity index (χ1n) is 9.46. The molecule has 1 atom stereocenters. The average molecular weight is 341 g/mol. The molecule has 2 heteroatoms. The predicted octanol–water partition coefficient (Wildman–Crippen LogP) is 5.68. The van der Waals surface area contributed by atoms with Gasteiger partial charge in [0, 0.05) is 20.8 Å². The third kappa shape index (κ3) is 6.64. The van der Waals surface area contributed by atoms with Crippen molar-refractivity contribution in [3.63, 3.8) is 0 Å². The van der Waals surface area contributed by atoms with Crippen molar-refractivity contribution in [2.45, 2.75) is 51.6 Å². The normalized spacial score (nSPS) is 12.3. The minimum Gasteiger partial charge on any atom is -0.385 e. The van der Waals surface area contributed by atoms with Gasteiger partial charge in [-0.3, -0.25) is 0 Å². The van der Waals surface area contributed by atoms with Crippen LogP contribution in [0.2, 0.25) is 0 Å². The molecule has 0 aliphatic rings. The number of aryl methyl sites for hydroxylation is 1. The van der Waals surface area contributed by atoms with E-state index < -0.39 is 0 Å². The van der Waals surface area contributed by atoms with Gasteiger partial charge in [0.1, 0.15) is 0 Å². The van der Waals surface area contributed by atoms with Crippen LogP contribution in [0.25, 0.3) is 11.1 Å². The van der Waals surface area contributed by atoms with E-state index in [9.17, 15) is 0 Å². The van der Waals surface area contributed by atoms with E-state index in [4.69, 9.17) is 9.47 Å². The molecule has 0 radical (unpaired) electrons. The molecule has 0 amide bonds. The predicted molar refractivity (Wildman–Crippen MR) is 106 cm³/mol. The maximum absolute atomic E-state index is 5.54. The summed E-state index contributed by atoms with van der Waals surface area (Å²) in [4.78, 5) is 0. The Morgan fingerprint density at radius 2 is 1.40 bits per heavy atom. The summed E-state index contributed by atoms with van der Waals surface area (Å²) in [5, 5.41) is 0. The van der Waals surface area contributed by atoms with Crippen LogP contribution in [-0.2, 0) is 22.3 Å². The summed E-state index contributed by atoms with van der Waals surface area (Å²) in [5.41, 5.74) is 5.31. The molecule has 2 aromatic rings. The van der Waals surface area contributed by atoms with Gasteiger partial charge in [0.25, 0.3) is 0 Å². The van der Waals surface area contributed by atoms with Gasteiger partial charge in [-0.1, -0.05) is 68.3 Å². The smallest absolute Gasteiger partial charge is 0.0633 e. The quantitative estimate of drug-likeness (QED) is 0.490. The number of ether oxygens (including phenoxy) is 2. The molecule has 0 aliphatic carbocycles. The molecule has 2 nitrogen and oxygen atoms in total. The molecular weight excluding hydrogens is 308 g/mol. The second kappa shape index (κ2) is 11.1. The molecule has 2 aromatic carbocycles. The second-order valence-electron chi connectivity index (χ2n) is 6.69. The van der Waals surface area contributed by atoms with Gasteiger partial charge in [0.2, 0.25) is 0 Å². The maximum atomic E-state index is 5.54. The molecule has 0 aromatic heterocycles. The Morgan fingerprint density at radius 1 is 0.800 bits per heavy atom. The fraction of sp³-hybridized carbons (Fsp3) is 0.478. The van der Waals surface area contributed by atoms with Crippen LogP contribution in [0.1, 0.15) is 43.7 Å². The van der Waals surface area contributed by atoms with Gasteiger partial charge in [-0.15, -0.1) is 0 Å². The van der Waals surface area contributed by atoms with Crippen molar-refractivity contribution >= 4 is 0 Å². The Labute approximate surface area is 153 Å². The van der Waals surface area contributed by atoms with Gasteiger partial charge >= 0.3 is 0 Å². The molecule has 0 bridgehead atoms. The van der Waals surface area contributed by atoms with E-state index in [1.807, 2.05) is 0 Å². The molecule has 25 heavy (non-hydrogen) atoms. The van der Waals surface area contributed by atoms with E-state index >= 15 is 0 Å². The van der Waals surface area contributed by atoms with Crippen molar-refractivity contribution in [3.8, 4) is 11.1 Å². The zero-order chi connectivity index (χ0) is 17.9. The third-order valence-electron chi connectivity index (χ3n) is 4.75. The molecule has 0 spiro atoms. The lowest BCUT2D eigenvalue weighted by atomic mass is 9.99. The highest BCUT2D eigenvalue weighted by Gasteiger charge is 2.08. The minimum atomic E-state index is 0.216. The van der Waals surface area contributed by atoms with E-state index in [0.29, 0.717) is 0 Å². The van der Waals surface area contributed by atoms with Crippen LogP contribution in [0.4, 0.5) is 0 Å². The number of unbranched alkanes of at least 4 members (excludes halogenated alkanes) is 2. The summed E-state index contributed by atoms with van der Waals surface area (Å²) in [6.45, 7) is 2.99. The summed E-state index contributed by atoms with van der Waals surface area (Å²) in [7, 11) is 3.51. The highest BCUT2D eigenvalue weighted by atomic mass is 16.5. The van der Waals surface area contributed by atoms with Crippen molar-refractivity contribution in [2.24, 2.45) is 0 Å². The molecule has 0 saturated carbocycles. The van der Waals surface area contributed by atoms with Crippen LogP contribution >= 0.6 is 0 Å². The molecule has 0 N–H and O–H groups in total. The summed E-state index contributed by atoms with van der Waals surface area (Å²) >= 11 is 0. The highest BCUT2D eigenvalue weighted by Crippen LogP contribution is 2.22. The molecule has 0 aliphatic heterocycles. The van der Waals surface area contributed by atoms with Crippen LogP contribution in [0.5, 0.6) is 0 Å². The zero-order valence-corrected chi connectivity index (χ0v) is 16.0. The van der Waals surface area contributed by atoms with Crippen LogP contribution in [-0.4, -0.2) is 26.9 Å². The van der Waals surface area contributed by atoms with Gasteiger partial charge < -0.3 is 9.47 Å². The van der Waals surface area contributed by atoms with E-state index in [1.54, 1.807) is 14.2 Å². The summed E-state index contributed by atoms with van der Waals surface area (Å²) in [6, 6.07) is 17.9. The van der Waals surface area contributed by atoms with Gasteiger partial charge in [-0.2, -0.15) is 0 Å². The van der Waals surface area contributed by atoms with Crippen LogP contribution in [0.3, 0.4) is 0 Å². The maximum Gasteiger partial charge on any atom is 0.0633 e. The number of methoxy groups -OCH3 is 2. The summed E-state index contributed by atoms with van der Waals surface area (Å²) in [6.07, 6.45) is 7.13. The summed E-state index contributed by atoms with van der Waals surface area (Å²) < 4.78 is 10.7. The van der Waals surface area contributed by atoms with Gasteiger partial charge in [-0.25, -0.2) is 0 Å². The van der Waals surface area contributed by atoms with Gasteiger partial charge in [0.15, 0.2) is 0 Å². The lowest BCUT2D eigenvalue weighted by Crippen LogP contribution is -2.16. The first-order valence-corrected chi connectivity index (χ1v) is 9.46. The van der Waals surface area contributed by atoms with E-state index in [1.165, 1.54) is 47.9 Å². The Morgan fingerprint density at radius 3 is 1.92 bits per heavy atom. The molecule has 0 fully saturated rings. The summed E-state index contributed by atoms with van der Waals surface area (Å²) in [5.74, 6) is 0. The average Bonchev–Trinajstić information content (AvgIpc) is 2.66. The lowest BCUT2D eigenvalue weighted by molar-refractivity contribution is 0.0668. The first-order chi connectivity index (χ1) is 12.3. The SMILES string of the molecule is CCCCCc1ccc(-c2ccc(CC(CCOC)OC)cc2)cc1. The van der Waals surface area contributed by atoms with Crippen LogP contribution in [0.15, 0.2) is 48.5 Å². The highest BCUT2D eigenvalue weighted by molar-refractivity contribution is 5.64. The standard InChI is InChI=1S/C23H32O2/c1-4-5-6-7-19-8-12-21(13-9-19)22-14-10-20(11-15-22)18-23(25-3)16-17-24-2/h8-15,23H,4-7,16-18H2,1-3H3. The van der Waals surface area contributed by atoms with Gasteiger partial charge in [-0.05, 0) is 47.9 Å². The topological polar surface area (TPSA) is 18.5 Å². The number of hydrogen-bond donors (Lipinski definition) is 0. The molecule has 1 unspecified atom stereocenters. The van der Waals surface area contributed by atoms with E-state index in [2.05, 4.69) is 55.5 Å². The molecular formula is C23H32O2. The fourth-order valence-corrected chi connectivity index (χ4v) is 3.09. The molecule has 2 rings (SSSR count). The largest absolute Gasteiger partial charge is 0.385 e. The minimum absolute atomic E-state index is 0.216. The van der Waals surface area contributed by atoms with Gasteiger partial charge in [0.05, 0.1) is 6.10 Å². The number of rotatable bonds is 11. The Bertz CT molecular complexity index is 586. The van der Waals surface area contributed by atoms with Crippen LogP contribution in [0, 0.1) is 0 Å². The third-order valence-corrected chi connectivity index (χ3v) is 4.75.